The van der Waals surface area contributed by atoms with Crippen LogP contribution in [0.2, 0.25) is 0 Å². The fourth-order valence-electron chi connectivity index (χ4n) is 5.76. The summed E-state index contributed by atoms with van der Waals surface area (Å²) in [7, 11) is 3.86. The fraction of sp³-hybridized carbons (Fsp3) is 0.596. The molecule has 0 aliphatic heterocycles. The maximum Gasteiger partial charge on any atom is 0.182 e. The molecule has 0 aliphatic rings. The lowest BCUT2D eigenvalue weighted by Gasteiger charge is -2.07. The van der Waals surface area contributed by atoms with Gasteiger partial charge in [0.15, 0.2) is 5.13 Å². The normalized spacial score (nSPS) is 10.8. The number of nitrogens with zero attached hydrogens (tertiary/aromatic N) is 8. The summed E-state index contributed by atoms with van der Waals surface area (Å²) in [5.41, 5.74) is 11.9. The third-order valence-corrected chi connectivity index (χ3v) is 10.5. The molecule has 0 radical (unpaired) electrons. The summed E-state index contributed by atoms with van der Waals surface area (Å²) in [4.78, 5) is 27.6. The van der Waals surface area contributed by atoms with E-state index >= 15 is 0 Å². The minimum atomic E-state index is 0.497. The molecule has 0 bridgehead atoms. The van der Waals surface area contributed by atoms with Crippen LogP contribution in [0.1, 0.15) is 193 Å². The number of hydrogen-bond acceptors (Lipinski definition) is 9. The first kappa shape index (κ1) is 51.0. The molecule has 0 fully saturated rings. The first-order valence-corrected chi connectivity index (χ1v) is 21.8. The maximum atomic E-state index is 4.44. The summed E-state index contributed by atoms with van der Waals surface area (Å²) in [6, 6.07) is 8.53. The molecule has 0 unspecified atom stereocenters. The van der Waals surface area contributed by atoms with Crippen molar-refractivity contribution in [2.45, 2.75) is 173 Å². The molecule has 5 rings (SSSR count). The van der Waals surface area contributed by atoms with Crippen molar-refractivity contribution in [2.75, 3.05) is 12.4 Å². The van der Waals surface area contributed by atoms with Gasteiger partial charge in [-0.1, -0.05) is 90.0 Å². The number of thiazole rings is 1. The Kier molecular flexibility index (Phi) is 22.7. The number of aromatic nitrogens is 8. The standard InChI is InChI=1S/C11H17N.2C10H16N2.C8H14N2S.C8H14N2/c1-5-11-7-10(8(2)3)6-9(4)12-11;1-5-9-6-10(7(2)3)12-8(4)11-9;1-5-10-11-8(4)6-9(12-10)7(2)3;1-5(2)7-6(3)10-8(9-4)11-7;1-6(2)8-5-10(4)9-7(8)3/h6-8H,5H2,1-4H3;2*6-7H,5H2,1-4H3;5H,1-4H3,(H,9,10);5-6H,1-4H3. The summed E-state index contributed by atoms with van der Waals surface area (Å²) in [6.45, 7) is 38.3. The second kappa shape index (κ2) is 25.3. The number of aryl methyl sites for hydroxylation is 9. The minimum absolute atomic E-state index is 0.497. The van der Waals surface area contributed by atoms with Crippen LogP contribution in [0.25, 0.3) is 0 Å². The molecule has 0 atom stereocenters. The second-order valence-corrected chi connectivity index (χ2v) is 17.1. The molecule has 0 aromatic carbocycles. The van der Waals surface area contributed by atoms with Crippen molar-refractivity contribution in [1.29, 1.82) is 0 Å². The number of nitrogens with one attached hydrogen (secondary N) is 1. The topological polar surface area (TPSA) is 107 Å². The highest BCUT2D eigenvalue weighted by atomic mass is 32.1. The summed E-state index contributed by atoms with van der Waals surface area (Å²) in [5, 5.41) is 8.32. The van der Waals surface area contributed by atoms with Gasteiger partial charge >= 0.3 is 0 Å². The van der Waals surface area contributed by atoms with Crippen LogP contribution in [0.4, 0.5) is 5.13 Å². The van der Waals surface area contributed by atoms with Crippen LogP contribution in [0.15, 0.2) is 30.5 Å². The smallest absolute Gasteiger partial charge is 0.182 e. The first-order chi connectivity index (χ1) is 26.6. The monoisotopic (exact) mass is 800 g/mol. The first-order valence-electron chi connectivity index (χ1n) is 21.0. The van der Waals surface area contributed by atoms with Crippen molar-refractivity contribution < 1.29 is 0 Å². The number of rotatable bonds is 9. The molecule has 9 nitrogen and oxygen atoms in total. The number of anilines is 1. The molecule has 5 aromatic rings. The van der Waals surface area contributed by atoms with Gasteiger partial charge in [0.1, 0.15) is 11.6 Å². The van der Waals surface area contributed by atoms with Crippen LogP contribution in [-0.4, -0.2) is 46.7 Å². The average molecular weight is 800 g/mol. The van der Waals surface area contributed by atoms with Gasteiger partial charge < -0.3 is 5.32 Å². The molecule has 1 N–H and O–H groups in total. The Labute approximate surface area is 351 Å². The zero-order valence-corrected chi connectivity index (χ0v) is 40.2. The lowest BCUT2D eigenvalue weighted by atomic mass is 10.0. The predicted molar refractivity (Wildman–Crippen MR) is 245 cm³/mol. The zero-order valence-electron chi connectivity index (χ0n) is 39.4. The molecule has 0 aliphatic carbocycles. The van der Waals surface area contributed by atoms with Crippen LogP contribution in [0.5, 0.6) is 0 Å². The van der Waals surface area contributed by atoms with Crippen molar-refractivity contribution in [3.8, 4) is 0 Å². The molecule has 0 spiro atoms. The molecule has 57 heavy (non-hydrogen) atoms. The van der Waals surface area contributed by atoms with Crippen LogP contribution >= 0.6 is 11.3 Å². The van der Waals surface area contributed by atoms with E-state index in [4.69, 9.17) is 0 Å². The van der Waals surface area contributed by atoms with Gasteiger partial charge in [-0.15, -0.1) is 11.3 Å². The van der Waals surface area contributed by atoms with E-state index in [1.807, 2.05) is 32.6 Å². The van der Waals surface area contributed by atoms with E-state index < -0.39 is 0 Å². The van der Waals surface area contributed by atoms with E-state index in [9.17, 15) is 0 Å². The fourth-order valence-corrected chi connectivity index (χ4v) is 6.68. The Morgan fingerprint density at radius 1 is 0.579 bits per heavy atom. The molecule has 10 heteroatoms. The summed E-state index contributed by atoms with van der Waals surface area (Å²) >= 11 is 1.75. The lowest BCUT2D eigenvalue weighted by molar-refractivity contribution is 0.756. The van der Waals surface area contributed by atoms with Gasteiger partial charge in [0.25, 0.3) is 0 Å². The second-order valence-electron chi connectivity index (χ2n) is 16.1. The molecular weight excluding hydrogens is 723 g/mol. The van der Waals surface area contributed by atoms with Crippen molar-refractivity contribution >= 4 is 16.5 Å². The van der Waals surface area contributed by atoms with Crippen LogP contribution in [0.3, 0.4) is 0 Å². The highest BCUT2D eigenvalue weighted by Crippen LogP contribution is 2.28. The largest absolute Gasteiger partial charge is 0.365 e. The Hall–Kier alpha value is -4.05. The van der Waals surface area contributed by atoms with E-state index in [0.717, 1.165) is 75.9 Å². The van der Waals surface area contributed by atoms with E-state index in [-0.39, 0.29) is 0 Å². The third-order valence-electron chi connectivity index (χ3n) is 8.99. The van der Waals surface area contributed by atoms with Crippen molar-refractivity contribution in [3.05, 3.63) is 104 Å². The highest BCUT2D eigenvalue weighted by Gasteiger charge is 2.09. The SMILES string of the molecule is CCc1cc(C(C)C)cc(C)n1.CCc1cc(C(C)C)nc(C)n1.CCc1nc(C)cc(C(C)C)n1.CNc1nc(C)c(C(C)C)s1.Cc1nn(C)cc1C(C)C. The van der Waals surface area contributed by atoms with Crippen molar-refractivity contribution in [2.24, 2.45) is 7.05 Å². The van der Waals surface area contributed by atoms with Gasteiger partial charge in [-0.25, -0.2) is 24.9 Å². The molecule has 5 heterocycles. The van der Waals surface area contributed by atoms with Crippen LogP contribution in [0, 0.1) is 34.6 Å². The Balaban J connectivity index is 0.000000357. The van der Waals surface area contributed by atoms with Gasteiger partial charge in [0.2, 0.25) is 0 Å². The molecular formula is C47H77N9S. The number of hydrogen-bond donors (Lipinski definition) is 1. The van der Waals surface area contributed by atoms with Crippen LogP contribution in [-0.2, 0) is 26.3 Å². The van der Waals surface area contributed by atoms with Gasteiger partial charge in [0.05, 0.1) is 11.4 Å². The molecule has 0 saturated heterocycles. The van der Waals surface area contributed by atoms with E-state index in [1.165, 1.54) is 21.7 Å². The van der Waals surface area contributed by atoms with E-state index in [2.05, 4.69) is 182 Å². The maximum absolute atomic E-state index is 4.44. The van der Waals surface area contributed by atoms with Crippen molar-refractivity contribution in [1.82, 2.24) is 39.7 Å². The summed E-state index contributed by atoms with van der Waals surface area (Å²) < 4.78 is 1.87. The molecule has 316 valence electrons. The molecule has 5 aromatic heterocycles. The minimum Gasteiger partial charge on any atom is -0.365 e. The third kappa shape index (κ3) is 18.4. The Morgan fingerprint density at radius 3 is 1.54 bits per heavy atom. The quantitative estimate of drug-likeness (QED) is 0.157. The summed E-state index contributed by atoms with van der Waals surface area (Å²) in [5.74, 6) is 4.63. The van der Waals surface area contributed by atoms with Gasteiger partial charge in [-0.05, 0) is 112 Å². The van der Waals surface area contributed by atoms with Gasteiger partial charge in [0, 0.05) is 65.8 Å². The Bertz CT molecular complexity index is 1760. The van der Waals surface area contributed by atoms with Crippen LogP contribution < -0.4 is 5.32 Å². The predicted octanol–water partition coefficient (Wildman–Crippen LogP) is 12.5. The number of pyridine rings is 1. The van der Waals surface area contributed by atoms with Gasteiger partial charge in [-0.3, -0.25) is 9.67 Å². The summed E-state index contributed by atoms with van der Waals surface area (Å²) in [6.07, 6.45) is 5.02. The zero-order chi connectivity index (χ0) is 43.6. The van der Waals surface area contributed by atoms with Gasteiger partial charge in [-0.2, -0.15) is 5.10 Å². The molecule has 0 saturated carbocycles. The average Bonchev–Trinajstić information content (AvgIpc) is 3.71. The van der Waals surface area contributed by atoms with Crippen molar-refractivity contribution in [3.63, 3.8) is 0 Å². The highest BCUT2D eigenvalue weighted by molar-refractivity contribution is 7.15. The Morgan fingerprint density at radius 2 is 1.14 bits per heavy atom. The molecule has 0 amide bonds. The van der Waals surface area contributed by atoms with E-state index in [0.29, 0.717) is 29.6 Å². The lowest BCUT2D eigenvalue weighted by Crippen LogP contribution is -2.01. The van der Waals surface area contributed by atoms with E-state index in [1.54, 1.807) is 11.3 Å².